The lowest BCUT2D eigenvalue weighted by atomic mass is 9.94. The second-order valence-corrected chi connectivity index (χ2v) is 5.47. The first-order valence-corrected chi connectivity index (χ1v) is 6.71. The molecular weight excluding hydrogens is 224 g/mol. The van der Waals surface area contributed by atoms with Crippen molar-refractivity contribution in [1.29, 1.82) is 0 Å². The van der Waals surface area contributed by atoms with E-state index in [1.807, 2.05) is 0 Å². The zero-order valence-corrected chi connectivity index (χ0v) is 11.6. The Bertz CT molecular complexity index is 405. The SMILES string of the molecule is COc1cc(CN2CCC(N)C(C)C2)ccc1C. The van der Waals surface area contributed by atoms with E-state index < -0.39 is 0 Å². The standard InChI is InChI=1S/C15H24N2O/c1-11-4-5-13(8-15(11)18-3)10-17-7-6-14(16)12(2)9-17/h4-5,8,12,14H,6-7,9-10,16H2,1-3H3. The van der Waals surface area contributed by atoms with Crippen LogP contribution in [-0.2, 0) is 6.54 Å². The van der Waals surface area contributed by atoms with E-state index in [1.54, 1.807) is 7.11 Å². The maximum Gasteiger partial charge on any atom is 0.122 e. The zero-order chi connectivity index (χ0) is 13.1. The van der Waals surface area contributed by atoms with E-state index in [4.69, 9.17) is 10.5 Å². The Morgan fingerprint density at radius 3 is 2.89 bits per heavy atom. The van der Waals surface area contributed by atoms with Crippen LogP contribution in [0, 0.1) is 12.8 Å². The van der Waals surface area contributed by atoms with Crippen molar-refractivity contribution in [1.82, 2.24) is 4.90 Å². The highest BCUT2D eigenvalue weighted by Crippen LogP contribution is 2.22. The quantitative estimate of drug-likeness (QED) is 0.891. The number of piperidine rings is 1. The fourth-order valence-corrected chi connectivity index (χ4v) is 2.61. The van der Waals surface area contributed by atoms with Gasteiger partial charge in [-0.25, -0.2) is 0 Å². The predicted octanol–water partition coefficient (Wildman–Crippen LogP) is 2.17. The van der Waals surface area contributed by atoms with Gasteiger partial charge in [0.1, 0.15) is 5.75 Å². The van der Waals surface area contributed by atoms with Gasteiger partial charge in [-0.15, -0.1) is 0 Å². The van der Waals surface area contributed by atoms with Gasteiger partial charge < -0.3 is 10.5 Å². The van der Waals surface area contributed by atoms with Gasteiger partial charge in [-0.3, -0.25) is 4.90 Å². The average Bonchev–Trinajstić information content (AvgIpc) is 2.36. The summed E-state index contributed by atoms with van der Waals surface area (Å²) in [4.78, 5) is 2.48. The highest BCUT2D eigenvalue weighted by Gasteiger charge is 2.22. The Kier molecular flexibility index (Phi) is 4.25. The third-order valence-corrected chi connectivity index (χ3v) is 3.93. The molecule has 100 valence electrons. The van der Waals surface area contributed by atoms with Crippen molar-refractivity contribution in [2.45, 2.75) is 32.9 Å². The molecule has 0 aliphatic carbocycles. The number of nitrogens with zero attached hydrogens (tertiary/aromatic N) is 1. The van der Waals surface area contributed by atoms with E-state index in [0.717, 1.165) is 31.8 Å². The molecule has 1 aliphatic heterocycles. The van der Waals surface area contributed by atoms with Crippen molar-refractivity contribution < 1.29 is 4.74 Å². The molecule has 1 heterocycles. The van der Waals surface area contributed by atoms with E-state index in [0.29, 0.717) is 12.0 Å². The Balaban J connectivity index is 2.01. The Labute approximate surface area is 110 Å². The number of benzene rings is 1. The van der Waals surface area contributed by atoms with Crippen LogP contribution in [0.1, 0.15) is 24.5 Å². The van der Waals surface area contributed by atoms with E-state index in [9.17, 15) is 0 Å². The van der Waals surface area contributed by atoms with Crippen LogP contribution in [0.5, 0.6) is 5.75 Å². The first kappa shape index (κ1) is 13.4. The van der Waals surface area contributed by atoms with Crippen LogP contribution in [-0.4, -0.2) is 31.1 Å². The van der Waals surface area contributed by atoms with E-state index >= 15 is 0 Å². The maximum absolute atomic E-state index is 6.05. The molecule has 18 heavy (non-hydrogen) atoms. The van der Waals surface area contributed by atoms with Gasteiger partial charge in [-0.1, -0.05) is 19.1 Å². The molecule has 0 radical (unpaired) electrons. The Morgan fingerprint density at radius 1 is 1.44 bits per heavy atom. The normalized spacial score (nSPS) is 25.1. The van der Waals surface area contributed by atoms with Crippen LogP contribution in [0.3, 0.4) is 0 Å². The predicted molar refractivity (Wildman–Crippen MR) is 74.8 cm³/mol. The summed E-state index contributed by atoms with van der Waals surface area (Å²) in [5.74, 6) is 1.57. The third-order valence-electron chi connectivity index (χ3n) is 3.93. The van der Waals surface area contributed by atoms with Gasteiger partial charge in [0.15, 0.2) is 0 Å². The number of hydrogen-bond donors (Lipinski definition) is 1. The molecule has 1 aromatic carbocycles. The molecule has 0 amide bonds. The summed E-state index contributed by atoms with van der Waals surface area (Å²) in [7, 11) is 1.73. The Morgan fingerprint density at radius 2 is 2.22 bits per heavy atom. The molecule has 0 spiro atoms. The molecule has 2 unspecified atom stereocenters. The molecule has 1 saturated heterocycles. The third kappa shape index (κ3) is 3.03. The van der Waals surface area contributed by atoms with E-state index in [2.05, 4.69) is 36.9 Å². The van der Waals surface area contributed by atoms with Crippen molar-refractivity contribution in [3.63, 3.8) is 0 Å². The summed E-state index contributed by atoms with van der Waals surface area (Å²) in [6.07, 6.45) is 1.10. The van der Waals surface area contributed by atoms with Gasteiger partial charge in [0.25, 0.3) is 0 Å². The number of aryl methyl sites for hydroxylation is 1. The molecule has 1 aliphatic rings. The highest BCUT2D eigenvalue weighted by atomic mass is 16.5. The van der Waals surface area contributed by atoms with Gasteiger partial charge in [0.05, 0.1) is 7.11 Å². The van der Waals surface area contributed by atoms with Crippen LogP contribution in [0.4, 0.5) is 0 Å². The minimum atomic E-state index is 0.369. The molecular formula is C15H24N2O. The van der Waals surface area contributed by atoms with Crippen molar-refractivity contribution in [2.24, 2.45) is 11.7 Å². The maximum atomic E-state index is 6.05. The highest BCUT2D eigenvalue weighted by molar-refractivity contribution is 5.36. The number of hydrogen-bond acceptors (Lipinski definition) is 3. The van der Waals surface area contributed by atoms with Gasteiger partial charge in [0, 0.05) is 19.1 Å². The zero-order valence-electron chi connectivity index (χ0n) is 11.6. The molecule has 1 aromatic rings. The van der Waals surface area contributed by atoms with Crippen molar-refractivity contribution in [3.05, 3.63) is 29.3 Å². The number of likely N-dealkylation sites (tertiary alicyclic amines) is 1. The first-order valence-electron chi connectivity index (χ1n) is 6.71. The fourth-order valence-electron chi connectivity index (χ4n) is 2.61. The number of nitrogens with two attached hydrogens (primary N) is 1. The molecule has 0 bridgehead atoms. The summed E-state index contributed by atoms with van der Waals surface area (Å²) >= 11 is 0. The number of rotatable bonds is 3. The second-order valence-electron chi connectivity index (χ2n) is 5.47. The summed E-state index contributed by atoms with van der Waals surface area (Å²) in [5.41, 5.74) is 8.56. The van der Waals surface area contributed by atoms with Crippen LogP contribution in [0.2, 0.25) is 0 Å². The molecule has 2 N–H and O–H groups in total. The monoisotopic (exact) mass is 248 g/mol. The van der Waals surface area contributed by atoms with Crippen LogP contribution in [0.15, 0.2) is 18.2 Å². The molecule has 1 fully saturated rings. The van der Waals surface area contributed by atoms with E-state index in [-0.39, 0.29) is 0 Å². The van der Waals surface area contributed by atoms with Crippen molar-refractivity contribution in [3.8, 4) is 5.75 Å². The first-order chi connectivity index (χ1) is 8.60. The molecule has 3 heteroatoms. The van der Waals surface area contributed by atoms with Crippen LogP contribution in [0.25, 0.3) is 0 Å². The lowest BCUT2D eigenvalue weighted by Gasteiger charge is -2.35. The van der Waals surface area contributed by atoms with Crippen molar-refractivity contribution in [2.75, 3.05) is 20.2 Å². The van der Waals surface area contributed by atoms with Gasteiger partial charge in [-0.05, 0) is 43.0 Å². The van der Waals surface area contributed by atoms with E-state index in [1.165, 1.54) is 11.1 Å². The molecule has 0 saturated carbocycles. The smallest absolute Gasteiger partial charge is 0.122 e. The van der Waals surface area contributed by atoms with Gasteiger partial charge in [-0.2, -0.15) is 0 Å². The lowest BCUT2D eigenvalue weighted by molar-refractivity contribution is 0.157. The minimum absolute atomic E-state index is 0.369. The number of ether oxygens (including phenoxy) is 1. The van der Waals surface area contributed by atoms with Crippen molar-refractivity contribution >= 4 is 0 Å². The molecule has 3 nitrogen and oxygen atoms in total. The van der Waals surface area contributed by atoms with Crippen LogP contribution >= 0.6 is 0 Å². The fraction of sp³-hybridized carbons (Fsp3) is 0.600. The molecule has 2 atom stereocenters. The topological polar surface area (TPSA) is 38.5 Å². The Hall–Kier alpha value is -1.06. The van der Waals surface area contributed by atoms with Gasteiger partial charge in [0.2, 0.25) is 0 Å². The lowest BCUT2D eigenvalue weighted by Crippen LogP contribution is -2.45. The number of methoxy groups -OCH3 is 1. The minimum Gasteiger partial charge on any atom is -0.496 e. The second kappa shape index (κ2) is 5.72. The van der Waals surface area contributed by atoms with Crippen LogP contribution < -0.4 is 10.5 Å². The summed E-state index contributed by atoms with van der Waals surface area (Å²) in [6, 6.07) is 6.84. The summed E-state index contributed by atoms with van der Waals surface area (Å²) in [6.45, 7) is 7.50. The van der Waals surface area contributed by atoms with Gasteiger partial charge >= 0.3 is 0 Å². The molecule has 0 aromatic heterocycles. The molecule has 2 rings (SSSR count). The summed E-state index contributed by atoms with van der Waals surface area (Å²) < 4.78 is 5.37. The average molecular weight is 248 g/mol. The summed E-state index contributed by atoms with van der Waals surface area (Å²) in [5, 5.41) is 0. The largest absolute Gasteiger partial charge is 0.496 e.